The van der Waals surface area contributed by atoms with E-state index in [-0.39, 0.29) is 6.10 Å². The molecule has 1 N–H and O–H groups in total. The zero-order chi connectivity index (χ0) is 10.4. The van der Waals surface area contributed by atoms with Crippen LogP contribution in [0.25, 0.3) is 0 Å². The number of unbranched alkanes of at least 4 members (excludes halogenated alkanes) is 3. The van der Waals surface area contributed by atoms with E-state index in [2.05, 4.69) is 12.0 Å². The molecule has 0 saturated heterocycles. The van der Waals surface area contributed by atoms with E-state index in [4.69, 9.17) is 0 Å². The minimum atomic E-state index is -0.348. The summed E-state index contributed by atoms with van der Waals surface area (Å²) in [5, 5.41) is 13.9. The van der Waals surface area contributed by atoms with E-state index in [1.807, 2.05) is 13.1 Å². The van der Waals surface area contributed by atoms with Crippen molar-refractivity contribution in [2.75, 3.05) is 0 Å². The van der Waals surface area contributed by atoms with Crippen LogP contribution in [0.3, 0.4) is 0 Å². The Hall–Kier alpha value is -0.830. The highest BCUT2D eigenvalue weighted by Gasteiger charge is 2.10. The van der Waals surface area contributed by atoms with Gasteiger partial charge in [0.15, 0.2) is 0 Å². The van der Waals surface area contributed by atoms with Crippen molar-refractivity contribution in [3.63, 3.8) is 0 Å². The Kier molecular flexibility index (Phi) is 4.66. The molecule has 1 heterocycles. The van der Waals surface area contributed by atoms with E-state index < -0.39 is 0 Å². The molecule has 0 aromatic carbocycles. The number of aliphatic hydroxyl groups is 1. The Morgan fingerprint density at radius 3 is 2.79 bits per heavy atom. The predicted octanol–water partition coefficient (Wildman–Crippen LogP) is 2.42. The van der Waals surface area contributed by atoms with Gasteiger partial charge in [0, 0.05) is 13.2 Å². The van der Waals surface area contributed by atoms with E-state index >= 15 is 0 Å². The highest BCUT2D eigenvalue weighted by atomic mass is 16.3. The van der Waals surface area contributed by atoms with E-state index in [0.29, 0.717) is 0 Å². The fourth-order valence-corrected chi connectivity index (χ4v) is 1.62. The number of aryl methyl sites for hydroxylation is 1. The van der Waals surface area contributed by atoms with Crippen molar-refractivity contribution in [3.8, 4) is 0 Å². The molecule has 0 aliphatic heterocycles. The molecule has 0 fully saturated rings. The third-order valence-corrected chi connectivity index (χ3v) is 2.53. The monoisotopic (exact) mass is 196 g/mol. The van der Waals surface area contributed by atoms with Gasteiger partial charge in [-0.1, -0.05) is 32.6 Å². The topological polar surface area (TPSA) is 38.1 Å². The third-order valence-electron chi connectivity index (χ3n) is 2.53. The largest absolute Gasteiger partial charge is 0.387 e. The van der Waals surface area contributed by atoms with Crippen molar-refractivity contribution in [2.24, 2.45) is 7.05 Å². The van der Waals surface area contributed by atoms with E-state index in [0.717, 1.165) is 18.5 Å². The van der Waals surface area contributed by atoms with Gasteiger partial charge in [0.05, 0.1) is 11.8 Å². The van der Waals surface area contributed by atoms with E-state index in [1.165, 1.54) is 19.3 Å². The Morgan fingerprint density at radius 2 is 2.21 bits per heavy atom. The SMILES string of the molecule is CCCCCCC(O)c1ccnn1C. The molecule has 1 atom stereocenters. The Morgan fingerprint density at radius 1 is 1.43 bits per heavy atom. The first-order chi connectivity index (χ1) is 6.75. The van der Waals surface area contributed by atoms with E-state index in [9.17, 15) is 5.11 Å². The molecule has 0 amide bonds. The van der Waals surface area contributed by atoms with Gasteiger partial charge in [0.1, 0.15) is 0 Å². The highest BCUT2D eigenvalue weighted by Crippen LogP contribution is 2.18. The summed E-state index contributed by atoms with van der Waals surface area (Å²) in [6.45, 7) is 2.19. The quantitative estimate of drug-likeness (QED) is 0.709. The van der Waals surface area contributed by atoms with Crippen molar-refractivity contribution >= 4 is 0 Å². The third kappa shape index (κ3) is 3.14. The van der Waals surface area contributed by atoms with Gasteiger partial charge in [-0.3, -0.25) is 4.68 Å². The highest BCUT2D eigenvalue weighted by molar-refractivity contribution is 5.03. The summed E-state index contributed by atoms with van der Waals surface area (Å²) < 4.78 is 1.74. The maximum Gasteiger partial charge on any atom is 0.0956 e. The fourth-order valence-electron chi connectivity index (χ4n) is 1.62. The van der Waals surface area contributed by atoms with Gasteiger partial charge in [-0.15, -0.1) is 0 Å². The van der Waals surface area contributed by atoms with Crippen molar-refractivity contribution in [1.29, 1.82) is 0 Å². The van der Waals surface area contributed by atoms with E-state index in [1.54, 1.807) is 10.9 Å². The molecule has 0 aliphatic carbocycles. The molecule has 0 bridgehead atoms. The molecule has 0 spiro atoms. The lowest BCUT2D eigenvalue weighted by atomic mass is 10.1. The van der Waals surface area contributed by atoms with Crippen LogP contribution in [0.2, 0.25) is 0 Å². The average molecular weight is 196 g/mol. The molecule has 1 unspecified atom stereocenters. The second-order valence-corrected chi connectivity index (χ2v) is 3.74. The number of hydrogen-bond acceptors (Lipinski definition) is 2. The number of nitrogens with zero attached hydrogens (tertiary/aromatic N) is 2. The summed E-state index contributed by atoms with van der Waals surface area (Å²) >= 11 is 0. The zero-order valence-electron chi connectivity index (χ0n) is 9.11. The molecule has 3 heteroatoms. The summed E-state index contributed by atoms with van der Waals surface area (Å²) in [4.78, 5) is 0. The van der Waals surface area contributed by atoms with Crippen molar-refractivity contribution in [1.82, 2.24) is 9.78 Å². The molecule has 14 heavy (non-hydrogen) atoms. The Balaban J connectivity index is 2.28. The number of rotatable bonds is 6. The average Bonchev–Trinajstić information content (AvgIpc) is 2.59. The lowest BCUT2D eigenvalue weighted by Crippen LogP contribution is -2.05. The molecule has 0 saturated carbocycles. The predicted molar refractivity (Wildman–Crippen MR) is 56.9 cm³/mol. The first kappa shape index (κ1) is 11.2. The molecular formula is C11H20N2O. The maximum absolute atomic E-state index is 9.83. The van der Waals surface area contributed by atoms with Gasteiger partial charge in [0.25, 0.3) is 0 Å². The second-order valence-electron chi connectivity index (χ2n) is 3.74. The molecule has 1 rings (SSSR count). The minimum absolute atomic E-state index is 0.348. The smallest absolute Gasteiger partial charge is 0.0956 e. The lowest BCUT2D eigenvalue weighted by molar-refractivity contribution is 0.154. The Bertz CT molecular complexity index is 258. The van der Waals surface area contributed by atoms with Crippen LogP contribution in [0, 0.1) is 0 Å². The van der Waals surface area contributed by atoms with Gasteiger partial charge < -0.3 is 5.11 Å². The van der Waals surface area contributed by atoms with Crippen LogP contribution in [0.5, 0.6) is 0 Å². The van der Waals surface area contributed by atoms with Crippen molar-refractivity contribution in [2.45, 2.75) is 45.1 Å². The molecule has 1 aromatic rings. The number of aromatic nitrogens is 2. The number of hydrogen-bond donors (Lipinski definition) is 1. The van der Waals surface area contributed by atoms with Gasteiger partial charge in [-0.05, 0) is 12.5 Å². The van der Waals surface area contributed by atoms with Gasteiger partial charge in [-0.2, -0.15) is 5.10 Å². The molecule has 0 aliphatic rings. The summed E-state index contributed by atoms with van der Waals surface area (Å²) in [5.41, 5.74) is 0.918. The van der Waals surface area contributed by atoms with Crippen molar-refractivity contribution < 1.29 is 5.11 Å². The van der Waals surface area contributed by atoms with Crippen LogP contribution < -0.4 is 0 Å². The molecule has 3 nitrogen and oxygen atoms in total. The first-order valence-corrected chi connectivity index (χ1v) is 5.41. The molecule has 1 aromatic heterocycles. The summed E-state index contributed by atoms with van der Waals surface area (Å²) in [6.07, 6.45) is 7.04. The van der Waals surface area contributed by atoms with Crippen LogP contribution in [0.4, 0.5) is 0 Å². The molecular weight excluding hydrogens is 176 g/mol. The van der Waals surface area contributed by atoms with Crippen LogP contribution in [0.1, 0.15) is 50.8 Å². The standard InChI is InChI=1S/C11H20N2O/c1-3-4-5-6-7-11(14)10-8-9-12-13(10)2/h8-9,11,14H,3-7H2,1-2H3. The Labute approximate surface area is 85.8 Å². The summed E-state index contributed by atoms with van der Waals surface area (Å²) in [5.74, 6) is 0. The summed E-state index contributed by atoms with van der Waals surface area (Å²) in [6, 6.07) is 1.88. The van der Waals surface area contributed by atoms with Crippen LogP contribution in [0.15, 0.2) is 12.3 Å². The van der Waals surface area contributed by atoms with Gasteiger partial charge in [0.2, 0.25) is 0 Å². The fraction of sp³-hybridized carbons (Fsp3) is 0.727. The number of aliphatic hydroxyl groups excluding tert-OH is 1. The second kappa shape index (κ2) is 5.81. The maximum atomic E-state index is 9.83. The molecule has 80 valence electrons. The van der Waals surface area contributed by atoms with Crippen LogP contribution in [-0.2, 0) is 7.05 Å². The van der Waals surface area contributed by atoms with Crippen molar-refractivity contribution in [3.05, 3.63) is 18.0 Å². The minimum Gasteiger partial charge on any atom is -0.387 e. The van der Waals surface area contributed by atoms with Gasteiger partial charge >= 0.3 is 0 Å². The first-order valence-electron chi connectivity index (χ1n) is 5.41. The van der Waals surface area contributed by atoms with Crippen LogP contribution >= 0.6 is 0 Å². The zero-order valence-corrected chi connectivity index (χ0v) is 9.11. The molecule has 0 radical (unpaired) electrons. The van der Waals surface area contributed by atoms with Crippen LogP contribution in [-0.4, -0.2) is 14.9 Å². The lowest BCUT2D eigenvalue weighted by Gasteiger charge is -2.10. The summed E-state index contributed by atoms with van der Waals surface area (Å²) in [7, 11) is 1.87. The normalized spacial score (nSPS) is 13.1. The van der Waals surface area contributed by atoms with Gasteiger partial charge in [-0.25, -0.2) is 0 Å².